The van der Waals surface area contributed by atoms with Crippen LogP contribution in [0.1, 0.15) is 25.7 Å². The summed E-state index contributed by atoms with van der Waals surface area (Å²) in [6.07, 6.45) is 9.32. The topological polar surface area (TPSA) is 33.1 Å². The molecule has 0 amide bonds. The third kappa shape index (κ3) is 4.88. The SMILES string of the molecule is c1cnn(CCNCCCN2CCCCC2)c1. The van der Waals surface area contributed by atoms with Crippen LogP contribution in [0.2, 0.25) is 0 Å². The molecule has 1 aliphatic rings. The van der Waals surface area contributed by atoms with Crippen LogP contribution in [0.25, 0.3) is 0 Å². The van der Waals surface area contributed by atoms with Gasteiger partial charge < -0.3 is 10.2 Å². The van der Waals surface area contributed by atoms with Crippen molar-refractivity contribution in [3.8, 4) is 0 Å². The summed E-state index contributed by atoms with van der Waals surface area (Å²) in [5, 5.41) is 7.65. The van der Waals surface area contributed by atoms with Crippen LogP contribution in [0.3, 0.4) is 0 Å². The Morgan fingerprint density at radius 1 is 1.06 bits per heavy atom. The van der Waals surface area contributed by atoms with Gasteiger partial charge in [0, 0.05) is 18.9 Å². The maximum Gasteiger partial charge on any atom is 0.0533 e. The molecule has 1 N–H and O–H groups in total. The van der Waals surface area contributed by atoms with Gasteiger partial charge in [0.15, 0.2) is 0 Å². The molecule has 96 valence electrons. The first-order chi connectivity index (χ1) is 8.45. The summed E-state index contributed by atoms with van der Waals surface area (Å²) in [6.45, 7) is 6.99. The van der Waals surface area contributed by atoms with Crippen molar-refractivity contribution in [1.82, 2.24) is 20.0 Å². The molecular formula is C13H24N4. The van der Waals surface area contributed by atoms with Crippen LogP contribution in [-0.4, -0.2) is 47.4 Å². The summed E-state index contributed by atoms with van der Waals surface area (Å²) in [7, 11) is 0. The van der Waals surface area contributed by atoms with Gasteiger partial charge in [0.05, 0.1) is 6.54 Å². The Hall–Kier alpha value is -0.870. The predicted octanol–water partition coefficient (Wildman–Crippen LogP) is 1.35. The maximum absolute atomic E-state index is 4.18. The molecule has 0 spiro atoms. The Labute approximate surface area is 104 Å². The molecular weight excluding hydrogens is 212 g/mol. The Bertz CT molecular complexity index is 278. The lowest BCUT2D eigenvalue weighted by Crippen LogP contribution is -2.32. The number of hydrogen-bond donors (Lipinski definition) is 1. The molecule has 1 aliphatic heterocycles. The highest BCUT2D eigenvalue weighted by Gasteiger charge is 2.08. The van der Waals surface area contributed by atoms with Crippen molar-refractivity contribution < 1.29 is 0 Å². The Morgan fingerprint density at radius 2 is 1.94 bits per heavy atom. The van der Waals surface area contributed by atoms with Crippen LogP contribution in [0.4, 0.5) is 0 Å². The molecule has 2 heterocycles. The van der Waals surface area contributed by atoms with Crippen LogP contribution in [0, 0.1) is 0 Å². The summed E-state index contributed by atoms with van der Waals surface area (Å²) >= 11 is 0. The van der Waals surface area contributed by atoms with Crippen LogP contribution in [0.15, 0.2) is 18.5 Å². The Morgan fingerprint density at radius 3 is 2.71 bits per heavy atom. The van der Waals surface area contributed by atoms with Gasteiger partial charge in [0.2, 0.25) is 0 Å². The zero-order valence-corrected chi connectivity index (χ0v) is 10.6. The van der Waals surface area contributed by atoms with E-state index in [1.807, 2.05) is 23.1 Å². The Kier molecular flexibility index (Phi) is 5.52. The second kappa shape index (κ2) is 7.45. The van der Waals surface area contributed by atoms with Gasteiger partial charge in [-0.1, -0.05) is 6.42 Å². The molecule has 0 radical (unpaired) electrons. The molecule has 4 nitrogen and oxygen atoms in total. The summed E-state index contributed by atoms with van der Waals surface area (Å²) in [5.74, 6) is 0. The van der Waals surface area contributed by atoms with E-state index in [0.29, 0.717) is 0 Å². The molecule has 0 aromatic carbocycles. The molecule has 17 heavy (non-hydrogen) atoms. The van der Waals surface area contributed by atoms with Gasteiger partial charge in [0.1, 0.15) is 0 Å². The van der Waals surface area contributed by atoms with Crippen molar-refractivity contribution in [2.24, 2.45) is 0 Å². The lowest BCUT2D eigenvalue weighted by Gasteiger charge is -2.26. The van der Waals surface area contributed by atoms with E-state index in [4.69, 9.17) is 0 Å². The molecule has 1 aromatic rings. The fraction of sp³-hybridized carbons (Fsp3) is 0.769. The number of aromatic nitrogens is 2. The number of piperidine rings is 1. The molecule has 4 heteroatoms. The first-order valence-corrected chi connectivity index (χ1v) is 6.86. The first-order valence-electron chi connectivity index (χ1n) is 6.86. The minimum atomic E-state index is 0.969. The highest BCUT2D eigenvalue weighted by Crippen LogP contribution is 2.08. The normalized spacial score (nSPS) is 17.4. The number of hydrogen-bond acceptors (Lipinski definition) is 3. The zero-order chi connectivity index (χ0) is 11.8. The summed E-state index contributed by atoms with van der Waals surface area (Å²) in [5.41, 5.74) is 0. The van der Waals surface area contributed by atoms with Crippen LogP contribution < -0.4 is 5.32 Å². The lowest BCUT2D eigenvalue weighted by molar-refractivity contribution is 0.225. The van der Waals surface area contributed by atoms with Crippen molar-refractivity contribution >= 4 is 0 Å². The van der Waals surface area contributed by atoms with Crippen molar-refractivity contribution in [3.63, 3.8) is 0 Å². The van der Waals surface area contributed by atoms with Gasteiger partial charge in [-0.05, 0) is 51.5 Å². The van der Waals surface area contributed by atoms with Gasteiger partial charge in [0.25, 0.3) is 0 Å². The molecule has 1 saturated heterocycles. The average molecular weight is 236 g/mol. The van der Waals surface area contributed by atoms with E-state index in [2.05, 4.69) is 15.3 Å². The van der Waals surface area contributed by atoms with E-state index in [-0.39, 0.29) is 0 Å². The van der Waals surface area contributed by atoms with E-state index in [1.54, 1.807) is 0 Å². The van der Waals surface area contributed by atoms with Crippen LogP contribution in [-0.2, 0) is 6.54 Å². The molecule has 1 aromatic heterocycles. The summed E-state index contributed by atoms with van der Waals surface area (Å²) in [4.78, 5) is 2.60. The van der Waals surface area contributed by atoms with E-state index < -0.39 is 0 Å². The van der Waals surface area contributed by atoms with E-state index in [9.17, 15) is 0 Å². The fourth-order valence-corrected chi connectivity index (χ4v) is 2.36. The molecule has 0 unspecified atom stereocenters. The lowest BCUT2D eigenvalue weighted by atomic mass is 10.1. The number of nitrogens with zero attached hydrogens (tertiary/aromatic N) is 3. The molecule has 0 saturated carbocycles. The van der Waals surface area contributed by atoms with Crippen LogP contribution in [0.5, 0.6) is 0 Å². The largest absolute Gasteiger partial charge is 0.315 e. The van der Waals surface area contributed by atoms with E-state index in [0.717, 1.165) is 19.6 Å². The number of rotatable bonds is 7. The zero-order valence-electron chi connectivity index (χ0n) is 10.6. The minimum absolute atomic E-state index is 0.969. The number of likely N-dealkylation sites (tertiary alicyclic amines) is 1. The highest BCUT2D eigenvalue weighted by molar-refractivity contribution is 4.77. The fourth-order valence-electron chi connectivity index (χ4n) is 2.36. The van der Waals surface area contributed by atoms with Gasteiger partial charge >= 0.3 is 0 Å². The van der Waals surface area contributed by atoms with E-state index in [1.165, 1.54) is 45.3 Å². The van der Waals surface area contributed by atoms with Gasteiger partial charge in [-0.2, -0.15) is 5.10 Å². The van der Waals surface area contributed by atoms with Crippen LogP contribution >= 0.6 is 0 Å². The average Bonchev–Trinajstić information content (AvgIpc) is 2.88. The molecule has 0 bridgehead atoms. The minimum Gasteiger partial charge on any atom is -0.315 e. The number of nitrogens with one attached hydrogen (secondary N) is 1. The summed E-state index contributed by atoms with van der Waals surface area (Å²) < 4.78 is 1.97. The molecule has 0 aliphatic carbocycles. The summed E-state index contributed by atoms with van der Waals surface area (Å²) in [6, 6.07) is 1.97. The maximum atomic E-state index is 4.18. The van der Waals surface area contributed by atoms with Gasteiger partial charge in [-0.3, -0.25) is 4.68 Å². The second-order valence-corrected chi connectivity index (χ2v) is 4.77. The third-order valence-electron chi connectivity index (χ3n) is 3.35. The van der Waals surface area contributed by atoms with Crippen molar-refractivity contribution in [2.75, 3.05) is 32.7 Å². The van der Waals surface area contributed by atoms with Crippen molar-refractivity contribution in [3.05, 3.63) is 18.5 Å². The van der Waals surface area contributed by atoms with E-state index >= 15 is 0 Å². The third-order valence-corrected chi connectivity index (χ3v) is 3.35. The monoisotopic (exact) mass is 236 g/mol. The smallest absolute Gasteiger partial charge is 0.0533 e. The predicted molar refractivity (Wildman–Crippen MR) is 70.0 cm³/mol. The quantitative estimate of drug-likeness (QED) is 0.725. The Balaban J connectivity index is 1.43. The highest BCUT2D eigenvalue weighted by atomic mass is 15.3. The van der Waals surface area contributed by atoms with Gasteiger partial charge in [-0.15, -0.1) is 0 Å². The van der Waals surface area contributed by atoms with Crippen molar-refractivity contribution in [2.45, 2.75) is 32.2 Å². The second-order valence-electron chi connectivity index (χ2n) is 4.77. The van der Waals surface area contributed by atoms with Gasteiger partial charge in [-0.25, -0.2) is 0 Å². The molecule has 0 atom stereocenters. The standard InChI is InChI=1S/C13H24N4/c1-2-9-16(10-3-1)11-4-6-14-8-13-17-12-5-7-15-17/h5,7,12,14H,1-4,6,8-11,13H2. The molecule has 1 fully saturated rings. The van der Waals surface area contributed by atoms with Crippen molar-refractivity contribution in [1.29, 1.82) is 0 Å². The first kappa shape index (κ1) is 12.6. The molecule has 2 rings (SSSR count).